The highest BCUT2D eigenvalue weighted by Gasteiger charge is 2.25. The molecule has 1 heterocycles. The minimum absolute atomic E-state index is 0.000459. The molecule has 1 fully saturated rings. The summed E-state index contributed by atoms with van der Waals surface area (Å²) in [5.74, 6) is -0.239. The molecule has 0 aromatic heterocycles. The van der Waals surface area contributed by atoms with Crippen molar-refractivity contribution in [3.05, 3.63) is 24.3 Å². The Balaban J connectivity index is 1.98. The Bertz CT molecular complexity index is 599. The van der Waals surface area contributed by atoms with Crippen LogP contribution in [0, 0.1) is 5.92 Å². The zero-order chi connectivity index (χ0) is 16.8. The van der Waals surface area contributed by atoms with Crippen LogP contribution >= 0.6 is 0 Å². The van der Waals surface area contributed by atoms with Crippen molar-refractivity contribution >= 4 is 29.3 Å². The molecule has 0 spiro atoms. The van der Waals surface area contributed by atoms with E-state index in [-0.39, 0.29) is 23.8 Å². The number of nitrogens with zero attached hydrogens (tertiary/aromatic N) is 3. The van der Waals surface area contributed by atoms with Gasteiger partial charge >= 0.3 is 5.97 Å². The van der Waals surface area contributed by atoms with Gasteiger partial charge in [-0.05, 0) is 37.1 Å². The lowest BCUT2D eigenvalue weighted by atomic mass is 9.96. The second-order valence-corrected chi connectivity index (χ2v) is 5.31. The molecule has 0 atom stereocenters. The molecule has 0 saturated carbocycles. The van der Waals surface area contributed by atoms with Crippen LogP contribution in [-0.4, -0.2) is 38.1 Å². The van der Waals surface area contributed by atoms with Crippen molar-refractivity contribution in [1.82, 2.24) is 0 Å². The Labute approximate surface area is 135 Å². The first-order valence-electron chi connectivity index (χ1n) is 7.36. The average molecular weight is 318 g/mol. The molecule has 1 aliphatic rings. The van der Waals surface area contributed by atoms with Crippen LogP contribution in [0.1, 0.15) is 12.8 Å². The van der Waals surface area contributed by atoms with Gasteiger partial charge in [0.1, 0.15) is 0 Å². The van der Waals surface area contributed by atoms with Crippen LogP contribution in [0.5, 0.6) is 0 Å². The van der Waals surface area contributed by atoms with E-state index in [4.69, 9.17) is 21.9 Å². The van der Waals surface area contributed by atoms with E-state index in [0.717, 1.165) is 31.6 Å². The van der Waals surface area contributed by atoms with Crippen LogP contribution in [0.15, 0.2) is 34.3 Å². The number of anilines is 1. The number of carbonyl (C=O) groups excluding carboxylic acids is 1. The number of methoxy groups -OCH3 is 1. The maximum atomic E-state index is 11.5. The summed E-state index contributed by atoms with van der Waals surface area (Å²) in [7, 11) is 1.43. The van der Waals surface area contributed by atoms with E-state index in [2.05, 4.69) is 14.9 Å². The van der Waals surface area contributed by atoms with Crippen molar-refractivity contribution in [3.63, 3.8) is 0 Å². The third kappa shape index (κ3) is 4.60. The number of benzene rings is 1. The maximum absolute atomic E-state index is 11.5. The molecule has 0 unspecified atom stereocenters. The normalized spacial score (nSPS) is 16.0. The number of nitrogens with two attached hydrogens (primary N) is 3. The molecule has 0 amide bonds. The van der Waals surface area contributed by atoms with E-state index >= 15 is 0 Å². The summed E-state index contributed by atoms with van der Waals surface area (Å²) in [5, 5.41) is 0. The van der Waals surface area contributed by atoms with Crippen LogP contribution < -0.4 is 22.1 Å². The van der Waals surface area contributed by atoms with Gasteiger partial charge in [0, 0.05) is 18.8 Å². The highest BCUT2D eigenvalue weighted by molar-refractivity contribution is 5.93. The summed E-state index contributed by atoms with van der Waals surface area (Å²) in [6.45, 7) is 1.64. The molecule has 1 saturated heterocycles. The van der Waals surface area contributed by atoms with Gasteiger partial charge in [-0.1, -0.05) is 0 Å². The fourth-order valence-corrected chi connectivity index (χ4v) is 2.57. The SMILES string of the molecule is COC(=O)C1CCN(c2ccc(N=C(N)N=C(N)N)cc2)CC1. The van der Waals surface area contributed by atoms with E-state index in [1.165, 1.54) is 7.11 Å². The Hall–Kier alpha value is -2.77. The van der Waals surface area contributed by atoms with Crippen LogP contribution in [-0.2, 0) is 9.53 Å². The number of hydrogen-bond acceptors (Lipinski definition) is 4. The number of piperidine rings is 1. The quantitative estimate of drug-likeness (QED) is 0.417. The van der Waals surface area contributed by atoms with Gasteiger partial charge in [-0.2, -0.15) is 4.99 Å². The minimum atomic E-state index is -0.128. The second kappa shape index (κ2) is 7.48. The topological polar surface area (TPSA) is 132 Å². The van der Waals surface area contributed by atoms with Gasteiger partial charge in [0.15, 0.2) is 5.96 Å². The van der Waals surface area contributed by atoms with Crippen molar-refractivity contribution in [1.29, 1.82) is 0 Å². The highest BCUT2D eigenvalue weighted by atomic mass is 16.5. The highest BCUT2D eigenvalue weighted by Crippen LogP contribution is 2.25. The number of esters is 1. The van der Waals surface area contributed by atoms with Crippen molar-refractivity contribution in [2.24, 2.45) is 33.1 Å². The van der Waals surface area contributed by atoms with Crippen molar-refractivity contribution < 1.29 is 9.53 Å². The van der Waals surface area contributed by atoms with Gasteiger partial charge in [0.05, 0.1) is 18.7 Å². The summed E-state index contributed by atoms with van der Waals surface area (Å²) in [5.41, 5.74) is 17.8. The fraction of sp³-hybridized carbons (Fsp3) is 0.400. The zero-order valence-corrected chi connectivity index (χ0v) is 13.1. The first-order valence-corrected chi connectivity index (χ1v) is 7.36. The van der Waals surface area contributed by atoms with Gasteiger partial charge in [0.2, 0.25) is 5.96 Å². The molecule has 1 aliphatic heterocycles. The number of aliphatic imine (C=N–C) groups is 2. The monoisotopic (exact) mass is 318 g/mol. The first kappa shape index (κ1) is 16.6. The minimum Gasteiger partial charge on any atom is -0.469 e. The Morgan fingerprint density at radius 1 is 1.17 bits per heavy atom. The predicted octanol–water partition coefficient (Wildman–Crippen LogP) is 0.296. The second-order valence-electron chi connectivity index (χ2n) is 5.31. The van der Waals surface area contributed by atoms with E-state index in [9.17, 15) is 4.79 Å². The average Bonchev–Trinajstić information content (AvgIpc) is 2.54. The molecule has 23 heavy (non-hydrogen) atoms. The van der Waals surface area contributed by atoms with Crippen LogP contribution in [0.25, 0.3) is 0 Å². The molecule has 1 aromatic rings. The van der Waals surface area contributed by atoms with Gasteiger partial charge in [-0.3, -0.25) is 4.79 Å². The number of carbonyl (C=O) groups is 1. The Morgan fingerprint density at radius 3 is 2.30 bits per heavy atom. The van der Waals surface area contributed by atoms with Crippen molar-refractivity contribution in [2.45, 2.75) is 12.8 Å². The molecule has 8 heteroatoms. The van der Waals surface area contributed by atoms with Crippen LogP contribution in [0.3, 0.4) is 0 Å². The van der Waals surface area contributed by atoms with E-state index in [0.29, 0.717) is 5.69 Å². The fourth-order valence-electron chi connectivity index (χ4n) is 2.57. The van der Waals surface area contributed by atoms with Crippen molar-refractivity contribution in [3.8, 4) is 0 Å². The molecule has 0 aliphatic carbocycles. The molecule has 124 valence electrons. The van der Waals surface area contributed by atoms with E-state index < -0.39 is 0 Å². The standard InChI is InChI=1S/C15H22N6O2/c1-23-13(22)10-6-8-21(9-7-10)12-4-2-11(3-5-12)19-15(18)20-14(16)17/h2-5,10H,6-9H2,1H3,(H6,16,17,18,19,20). The Kier molecular flexibility index (Phi) is 5.40. The predicted molar refractivity (Wildman–Crippen MR) is 90.5 cm³/mol. The lowest BCUT2D eigenvalue weighted by Crippen LogP contribution is -2.36. The molecular formula is C15H22N6O2. The molecule has 0 radical (unpaired) electrons. The lowest BCUT2D eigenvalue weighted by Gasteiger charge is -2.32. The molecular weight excluding hydrogens is 296 g/mol. The van der Waals surface area contributed by atoms with E-state index in [1.54, 1.807) is 0 Å². The third-order valence-electron chi connectivity index (χ3n) is 3.73. The summed E-state index contributed by atoms with van der Waals surface area (Å²) in [6.07, 6.45) is 1.59. The Morgan fingerprint density at radius 2 is 1.78 bits per heavy atom. The smallest absolute Gasteiger partial charge is 0.308 e. The maximum Gasteiger partial charge on any atom is 0.308 e. The van der Waals surface area contributed by atoms with Gasteiger partial charge in [0.25, 0.3) is 0 Å². The van der Waals surface area contributed by atoms with Crippen LogP contribution in [0.2, 0.25) is 0 Å². The lowest BCUT2D eigenvalue weighted by molar-refractivity contribution is -0.146. The summed E-state index contributed by atoms with van der Waals surface area (Å²) in [4.78, 5) is 21.5. The van der Waals surface area contributed by atoms with Gasteiger partial charge < -0.3 is 26.8 Å². The largest absolute Gasteiger partial charge is 0.469 e. The molecule has 6 N–H and O–H groups in total. The van der Waals surface area contributed by atoms with E-state index in [1.807, 2.05) is 24.3 Å². The zero-order valence-electron chi connectivity index (χ0n) is 13.1. The summed E-state index contributed by atoms with van der Waals surface area (Å²) in [6, 6.07) is 7.60. The number of rotatable bonds is 3. The summed E-state index contributed by atoms with van der Waals surface area (Å²) >= 11 is 0. The molecule has 1 aromatic carbocycles. The van der Waals surface area contributed by atoms with Crippen LogP contribution in [0.4, 0.5) is 11.4 Å². The molecule has 2 rings (SSSR count). The number of hydrogen-bond donors (Lipinski definition) is 3. The number of guanidine groups is 2. The third-order valence-corrected chi connectivity index (χ3v) is 3.73. The van der Waals surface area contributed by atoms with Gasteiger partial charge in [-0.25, -0.2) is 4.99 Å². The van der Waals surface area contributed by atoms with Crippen molar-refractivity contribution in [2.75, 3.05) is 25.1 Å². The first-order chi connectivity index (χ1) is 11.0. The van der Waals surface area contributed by atoms with Gasteiger partial charge in [-0.15, -0.1) is 0 Å². The summed E-state index contributed by atoms with van der Waals surface area (Å²) < 4.78 is 4.80. The number of ether oxygens (including phenoxy) is 1. The molecule has 8 nitrogen and oxygen atoms in total. The molecule has 0 bridgehead atoms.